The molecular weight excluding hydrogens is 370 g/mol. The third kappa shape index (κ3) is 4.52. The minimum Gasteiger partial charge on any atom is -0.478 e. The first-order valence-corrected chi connectivity index (χ1v) is 9.39. The van der Waals surface area contributed by atoms with Crippen LogP contribution in [0.15, 0.2) is 46.9 Å². The summed E-state index contributed by atoms with van der Waals surface area (Å²) in [5.41, 5.74) is 13.1. The monoisotopic (exact) mass is 389 g/mol. The van der Waals surface area contributed by atoms with Crippen molar-refractivity contribution in [3.05, 3.63) is 53.1 Å². The Morgan fingerprint density at radius 1 is 1.15 bits per heavy atom. The molecule has 2 aromatic carbocycles. The molecule has 0 aliphatic heterocycles. The van der Waals surface area contributed by atoms with Crippen LogP contribution >= 0.6 is 0 Å². The summed E-state index contributed by atoms with van der Waals surface area (Å²) in [5, 5.41) is 14.3. The van der Waals surface area contributed by atoms with E-state index in [-0.39, 0.29) is 28.1 Å². The SMILES string of the molecule is CC/C(=C\c1cc(C(N)=O)c(N)c(-c2ccc(S(N)(=O)=O)cc2)c1)C(=O)O. The van der Waals surface area contributed by atoms with Gasteiger partial charge in [-0.1, -0.05) is 19.1 Å². The van der Waals surface area contributed by atoms with Gasteiger partial charge < -0.3 is 16.6 Å². The van der Waals surface area contributed by atoms with Gasteiger partial charge in [0.15, 0.2) is 0 Å². The highest BCUT2D eigenvalue weighted by atomic mass is 32.2. The molecule has 142 valence electrons. The number of anilines is 1. The van der Waals surface area contributed by atoms with Crippen molar-refractivity contribution >= 4 is 33.7 Å². The summed E-state index contributed by atoms with van der Waals surface area (Å²) in [5.74, 6) is -1.84. The number of primary amides is 1. The Morgan fingerprint density at radius 3 is 2.19 bits per heavy atom. The fourth-order valence-corrected chi connectivity index (χ4v) is 3.06. The Morgan fingerprint density at radius 2 is 1.74 bits per heavy atom. The van der Waals surface area contributed by atoms with Gasteiger partial charge in [0.2, 0.25) is 10.0 Å². The normalized spacial score (nSPS) is 12.0. The summed E-state index contributed by atoms with van der Waals surface area (Å²) >= 11 is 0. The van der Waals surface area contributed by atoms with Gasteiger partial charge in [-0.05, 0) is 47.9 Å². The fourth-order valence-electron chi connectivity index (χ4n) is 2.54. The number of sulfonamides is 1. The molecule has 0 saturated heterocycles. The van der Waals surface area contributed by atoms with Crippen LogP contribution in [-0.2, 0) is 14.8 Å². The van der Waals surface area contributed by atoms with Gasteiger partial charge in [-0.15, -0.1) is 0 Å². The molecule has 1 amide bonds. The van der Waals surface area contributed by atoms with E-state index in [0.717, 1.165) is 0 Å². The number of carbonyl (C=O) groups is 2. The number of carboxylic acids is 1. The molecule has 7 N–H and O–H groups in total. The van der Waals surface area contributed by atoms with Crippen LogP contribution in [-0.4, -0.2) is 25.4 Å². The lowest BCUT2D eigenvalue weighted by Gasteiger charge is -2.12. The highest BCUT2D eigenvalue weighted by Crippen LogP contribution is 2.32. The van der Waals surface area contributed by atoms with Gasteiger partial charge in [0, 0.05) is 11.1 Å². The predicted octanol–water partition coefficient (Wildman–Crippen LogP) is 1.56. The standard InChI is InChI=1S/C18H19N3O5S/c1-2-11(18(23)24)7-10-8-14(16(19)15(9-10)17(20)22)12-3-5-13(6-4-12)27(21,25)26/h3-9H,2,19H2,1H3,(H2,20,22)(H,23,24)(H2,21,25,26)/b11-7+. The molecule has 0 radical (unpaired) electrons. The van der Waals surface area contributed by atoms with Gasteiger partial charge in [0.1, 0.15) is 0 Å². The number of nitrogens with two attached hydrogens (primary N) is 3. The molecule has 2 rings (SSSR count). The smallest absolute Gasteiger partial charge is 0.331 e. The van der Waals surface area contributed by atoms with E-state index >= 15 is 0 Å². The van der Waals surface area contributed by atoms with E-state index in [1.54, 1.807) is 13.0 Å². The summed E-state index contributed by atoms with van der Waals surface area (Å²) in [6, 6.07) is 8.62. The maximum absolute atomic E-state index is 11.7. The quantitative estimate of drug-likeness (QED) is 0.432. The zero-order valence-corrected chi connectivity index (χ0v) is 15.3. The van der Waals surface area contributed by atoms with Crippen molar-refractivity contribution in [1.82, 2.24) is 0 Å². The van der Waals surface area contributed by atoms with E-state index in [0.29, 0.717) is 16.7 Å². The molecule has 8 nitrogen and oxygen atoms in total. The molecule has 0 heterocycles. The Balaban J connectivity index is 2.68. The van der Waals surface area contributed by atoms with Crippen LogP contribution in [0.25, 0.3) is 17.2 Å². The van der Waals surface area contributed by atoms with Gasteiger partial charge >= 0.3 is 5.97 Å². The Bertz CT molecular complexity index is 1040. The summed E-state index contributed by atoms with van der Waals surface area (Å²) in [4.78, 5) is 22.9. The van der Waals surface area contributed by atoms with Gasteiger partial charge in [-0.2, -0.15) is 0 Å². The van der Waals surface area contributed by atoms with E-state index in [1.165, 1.54) is 36.4 Å². The average Bonchev–Trinajstić information content (AvgIpc) is 2.59. The molecule has 27 heavy (non-hydrogen) atoms. The van der Waals surface area contributed by atoms with Gasteiger partial charge in [-0.3, -0.25) is 4.79 Å². The number of benzene rings is 2. The molecule has 0 unspecified atom stereocenters. The lowest BCUT2D eigenvalue weighted by Crippen LogP contribution is -2.14. The number of carboxylic acid groups (broad SMARTS) is 1. The Kier molecular flexibility index (Phi) is 5.67. The summed E-state index contributed by atoms with van der Waals surface area (Å²) in [6.45, 7) is 1.69. The highest BCUT2D eigenvalue weighted by Gasteiger charge is 2.15. The third-order valence-corrected chi connectivity index (χ3v) is 4.89. The minimum absolute atomic E-state index is 0.0371. The molecule has 0 spiro atoms. The summed E-state index contributed by atoms with van der Waals surface area (Å²) in [7, 11) is -3.85. The van der Waals surface area contributed by atoms with Crippen LogP contribution in [0.1, 0.15) is 29.3 Å². The second-order valence-electron chi connectivity index (χ2n) is 5.79. The van der Waals surface area contributed by atoms with E-state index in [4.69, 9.17) is 16.6 Å². The summed E-state index contributed by atoms with van der Waals surface area (Å²) in [6.07, 6.45) is 1.71. The molecule has 0 atom stereocenters. The first-order valence-electron chi connectivity index (χ1n) is 7.85. The van der Waals surface area contributed by atoms with Crippen molar-refractivity contribution in [3.8, 4) is 11.1 Å². The molecule has 2 aromatic rings. The molecular formula is C18H19N3O5S. The van der Waals surface area contributed by atoms with Crippen LogP contribution in [0.3, 0.4) is 0 Å². The number of hydrogen-bond acceptors (Lipinski definition) is 5. The molecule has 9 heteroatoms. The number of carbonyl (C=O) groups excluding carboxylic acids is 1. The zero-order chi connectivity index (χ0) is 20.4. The molecule has 0 aliphatic carbocycles. The number of amides is 1. The van der Waals surface area contributed by atoms with Crippen molar-refractivity contribution < 1.29 is 23.1 Å². The third-order valence-electron chi connectivity index (χ3n) is 3.96. The molecule has 0 saturated carbocycles. The molecule has 0 fully saturated rings. The van der Waals surface area contributed by atoms with Crippen LogP contribution in [0.4, 0.5) is 5.69 Å². The van der Waals surface area contributed by atoms with Crippen molar-refractivity contribution in [3.63, 3.8) is 0 Å². The number of nitrogen functional groups attached to an aromatic ring is 1. The zero-order valence-electron chi connectivity index (χ0n) is 14.5. The first kappa shape index (κ1) is 20.1. The second kappa shape index (κ2) is 7.60. The van der Waals surface area contributed by atoms with E-state index in [1.807, 2.05) is 0 Å². The average molecular weight is 389 g/mol. The number of rotatable bonds is 6. The van der Waals surface area contributed by atoms with Gasteiger partial charge in [-0.25, -0.2) is 18.4 Å². The molecule has 0 bridgehead atoms. The lowest BCUT2D eigenvalue weighted by atomic mass is 9.95. The second-order valence-corrected chi connectivity index (χ2v) is 7.35. The van der Waals surface area contributed by atoms with E-state index < -0.39 is 21.9 Å². The fraction of sp³-hybridized carbons (Fsp3) is 0.111. The van der Waals surface area contributed by atoms with Crippen LogP contribution < -0.4 is 16.6 Å². The van der Waals surface area contributed by atoms with Crippen LogP contribution in [0.5, 0.6) is 0 Å². The van der Waals surface area contributed by atoms with Crippen molar-refractivity contribution in [2.45, 2.75) is 18.2 Å². The van der Waals surface area contributed by atoms with Gasteiger partial charge in [0.25, 0.3) is 5.91 Å². The maximum Gasteiger partial charge on any atom is 0.331 e. The molecule has 0 aromatic heterocycles. The van der Waals surface area contributed by atoms with Crippen molar-refractivity contribution in [2.24, 2.45) is 10.9 Å². The number of hydrogen-bond donors (Lipinski definition) is 4. The molecule has 0 aliphatic rings. The Labute approximate surface area is 156 Å². The Hall–Kier alpha value is -3.17. The highest BCUT2D eigenvalue weighted by molar-refractivity contribution is 7.89. The van der Waals surface area contributed by atoms with Crippen LogP contribution in [0, 0.1) is 0 Å². The topological polar surface area (TPSA) is 167 Å². The number of aliphatic carboxylic acids is 1. The largest absolute Gasteiger partial charge is 0.478 e. The lowest BCUT2D eigenvalue weighted by molar-refractivity contribution is -0.132. The summed E-state index contributed by atoms with van der Waals surface area (Å²) < 4.78 is 22.8. The predicted molar refractivity (Wildman–Crippen MR) is 102 cm³/mol. The number of primary sulfonamides is 1. The minimum atomic E-state index is -3.85. The van der Waals surface area contributed by atoms with E-state index in [2.05, 4.69) is 0 Å². The van der Waals surface area contributed by atoms with Gasteiger partial charge in [0.05, 0.1) is 16.1 Å². The van der Waals surface area contributed by atoms with E-state index in [9.17, 15) is 23.1 Å². The maximum atomic E-state index is 11.7. The first-order chi connectivity index (χ1) is 12.5. The van der Waals surface area contributed by atoms with Crippen LogP contribution in [0.2, 0.25) is 0 Å². The van der Waals surface area contributed by atoms with Crippen molar-refractivity contribution in [1.29, 1.82) is 0 Å². The van der Waals surface area contributed by atoms with Crippen molar-refractivity contribution in [2.75, 3.05) is 5.73 Å².